The Hall–Kier alpha value is -0.390. The molecule has 2 atom stereocenters. The van der Waals surface area contributed by atoms with Crippen LogP contribution in [-0.4, -0.2) is 25.3 Å². The fourth-order valence-corrected chi connectivity index (χ4v) is 5.14. The topological polar surface area (TPSA) is 37.4 Å². The summed E-state index contributed by atoms with van der Waals surface area (Å²) in [6.45, 7) is 4.79. The Kier molecular flexibility index (Phi) is 4.14. The van der Waals surface area contributed by atoms with E-state index in [2.05, 4.69) is 22.9 Å². The Morgan fingerprint density at radius 1 is 1.28 bits per heavy atom. The van der Waals surface area contributed by atoms with Gasteiger partial charge in [-0.05, 0) is 53.7 Å². The summed E-state index contributed by atoms with van der Waals surface area (Å²) in [7, 11) is -3.38. The van der Waals surface area contributed by atoms with Gasteiger partial charge in [0.25, 0.3) is 0 Å². The van der Waals surface area contributed by atoms with Crippen LogP contribution in [0.5, 0.6) is 0 Å². The van der Waals surface area contributed by atoms with Crippen LogP contribution >= 0.6 is 15.9 Å². The van der Waals surface area contributed by atoms with Crippen LogP contribution in [0.15, 0.2) is 33.6 Å². The first-order chi connectivity index (χ1) is 8.43. The highest BCUT2D eigenvalue weighted by molar-refractivity contribution is 9.10. The Morgan fingerprint density at radius 2 is 1.94 bits per heavy atom. The lowest BCUT2D eigenvalue weighted by Crippen LogP contribution is -2.44. The van der Waals surface area contributed by atoms with Gasteiger partial charge in [-0.15, -0.1) is 0 Å². The minimum atomic E-state index is -3.38. The molecule has 2 unspecified atom stereocenters. The summed E-state index contributed by atoms with van der Waals surface area (Å²) in [4.78, 5) is 0.367. The zero-order valence-corrected chi connectivity index (χ0v) is 13.0. The molecule has 3 nitrogen and oxygen atoms in total. The van der Waals surface area contributed by atoms with Crippen LogP contribution in [0.2, 0.25) is 0 Å². The monoisotopic (exact) mass is 331 g/mol. The molecule has 0 aliphatic carbocycles. The minimum Gasteiger partial charge on any atom is -0.207 e. The fourth-order valence-electron chi connectivity index (χ4n) is 2.52. The standard InChI is InChI=1S/C13H18BrNO2S/c1-10-7-8-15(11(2)9-10)18(16,17)13-6-4-3-5-12(13)14/h3-6,10-11H,7-9H2,1-2H3. The molecule has 0 N–H and O–H groups in total. The van der Waals surface area contributed by atoms with Crippen molar-refractivity contribution in [3.05, 3.63) is 28.7 Å². The van der Waals surface area contributed by atoms with Gasteiger partial charge < -0.3 is 0 Å². The summed E-state index contributed by atoms with van der Waals surface area (Å²) in [6.07, 6.45) is 1.87. The van der Waals surface area contributed by atoms with Gasteiger partial charge in [0.15, 0.2) is 0 Å². The van der Waals surface area contributed by atoms with Crippen molar-refractivity contribution in [2.75, 3.05) is 6.54 Å². The molecule has 1 aromatic rings. The normalized spacial score (nSPS) is 26.2. The predicted octanol–water partition coefficient (Wildman–Crippen LogP) is 3.26. The Balaban J connectivity index is 2.35. The van der Waals surface area contributed by atoms with Crippen LogP contribution in [0.4, 0.5) is 0 Å². The van der Waals surface area contributed by atoms with Crippen molar-refractivity contribution in [1.29, 1.82) is 0 Å². The molecule has 0 radical (unpaired) electrons. The van der Waals surface area contributed by atoms with Crippen molar-refractivity contribution in [2.24, 2.45) is 5.92 Å². The summed E-state index contributed by atoms with van der Waals surface area (Å²) >= 11 is 3.32. The zero-order chi connectivity index (χ0) is 13.3. The second-order valence-corrected chi connectivity index (χ2v) is 7.74. The molecule has 2 rings (SSSR count). The second kappa shape index (κ2) is 5.31. The van der Waals surface area contributed by atoms with Crippen molar-refractivity contribution < 1.29 is 8.42 Å². The first-order valence-corrected chi connectivity index (χ1v) is 8.42. The first kappa shape index (κ1) is 14.0. The summed E-state index contributed by atoms with van der Waals surface area (Å²) in [5, 5.41) is 0. The third kappa shape index (κ3) is 2.63. The molecule has 1 aromatic carbocycles. The minimum absolute atomic E-state index is 0.0749. The van der Waals surface area contributed by atoms with Crippen molar-refractivity contribution in [3.8, 4) is 0 Å². The Morgan fingerprint density at radius 3 is 2.56 bits per heavy atom. The predicted molar refractivity (Wildman–Crippen MR) is 75.9 cm³/mol. The van der Waals surface area contributed by atoms with Gasteiger partial charge >= 0.3 is 0 Å². The highest BCUT2D eigenvalue weighted by Crippen LogP contribution is 2.31. The maximum absolute atomic E-state index is 12.6. The van der Waals surface area contributed by atoms with Crippen molar-refractivity contribution in [3.63, 3.8) is 0 Å². The van der Waals surface area contributed by atoms with E-state index in [4.69, 9.17) is 0 Å². The smallest absolute Gasteiger partial charge is 0.207 e. The lowest BCUT2D eigenvalue weighted by Gasteiger charge is -2.35. The van der Waals surface area contributed by atoms with Gasteiger partial charge in [-0.2, -0.15) is 4.31 Å². The van der Waals surface area contributed by atoms with E-state index >= 15 is 0 Å². The third-order valence-electron chi connectivity index (χ3n) is 3.50. The van der Waals surface area contributed by atoms with Gasteiger partial charge in [0, 0.05) is 17.1 Å². The van der Waals surface area contributed by atoms with Crippen LogP contribution in [-0.2, 0) is 10.0 Å². The van der Waals surface area contributed by atoms with Crippen LogP contribution in [0.25, 0.3) is 0 Å². The van der Waals surface area contributed by atoms with Crippen molar-refractivity contribution >= 4 is 26.0 Å². The van der Waals surface area contributed by atoms with E-state index in [1.807, 2.05) is 13.0 Å². The molecule has 0 spiro atoms. The van der Waals surface area contributed by atoms with Crippen molar-refractivity contribution in [1.82, 2.24) is 4.31 Å². The lowest BCUT2D eigenvalue weighted by molar-refractivity contribution is 0.220. The van der Waals surface area contributed by atoms with Crippen molar-refractivity contribution in [2.45, 2.75) is 37.6 Å². The summed E-state index contributed by atoms with van der Waals surface area (Å²) in [6, 6.07) is 7.08. The number of sulfonamides is 1. The lowest BCUT2D eigenvalue weighted by atomic mass is 9.95. The number of piperidine rings is 1. The molecule has 0 saturated carbocycles. The van der Waals surface area contributed by atoms with Gasteiger partial charge in [0.05, 0.1) is 4.90 Å². The third-order valence-corrected chi connectivity index (χ3v) is 6.53. The van der Waals surface area contributed by atoms with E-state index < -0.39 is 10.0 Å². The van der Waals surface area contributed by atoms with E-state index in [9.17, 15) is 8.42 Å². The zero-order valence-electron chi connectivity index (χ0n) is 10.6. The Bertz CT molecular complexity index is 530. The highest BCUT2D eigenvalue weighted by Gasteiger charge is 2.33. The molecule has 1 aliphatic rings. The fraction of sp³-hybridized carbons (Fsp3) is 0.538. The maximum atomic E-state index is 12.6. The summed E-state index contributed by atoms with van der Waals surface area (Å²) in [5.74, 6) is 0.602. The largest absolute Gasteiger partial charge is 0.244 e. The van der Waals surface area contributed by atoms with E-state index in [1.54, 1.807) is 22.5 Å². The molecule has 0 aromatic heterocycles. The number of benzene rings is 1. The maximum Gasteiger partial charge on any atom is 0.244 e. The van der Waals surface area contributed by atoms with Crippen LogP contribution in [0.3, 0.4) is 0 Å². The molecule has 1 aliphatic heterocycles. The van der Waals surface area contributed by atoms with E-state index in [0.29, 0.717) is 21.8 Å². The summed E-state index contributed by atoms with van der Waals surface area (Å²) in [5.41, 5.74) is 0. The molecule has 5 heteroatoms. The quantitative estimate of drug-likeness (QED) is 0.834. The van der Waals surface area contributed by atoms with Gasteiger partial charge in [-0.1, -0.05) is 19.1 Å². The molecule has 0 bridgehead atoms. The average molecular weight is 332 g/mol. The van der Waals surface area contributed by atoms with Gasteiger partial charge in [-0.25, -0.2) is 8.42 Å². The number of halogens is 1. The molecule has 1 saturated heterocycles. The average Bonchev–Trinajstić information content (AvgIpc) is 2.28. The molecule has 1 fully saturated rings. The van der Waals surface area contributed by atoms with Crippen LogP contribution in [0.1, 0.15) is 26.7 Å². The van der Waals surface area contributed by atoms with E-state index in [0.717, 1.165) is 12.8 Å². The first-order valence-electron chi connectivity index (χ1n) is 6.19. The van der Waals surface area contributed by atoms with E-state index in [1.165, 1.54) is 0 Å². The number of hydrogen-bond acceptors (Lipinski definition) is 2. The second-order valence-electron chi connectivity index (χ2n) is 5.02. The number of rotatable bonds is 2. The van der Waals surface area contributed by atoms with Gasteiger partial charge in [-0.3, -0.25) is 0 Å². The molecular weight excluding hydrogens is 314 g/mol. The summed E-state index contributed by atoms with van der Waals surface area (Å²) < 4.78 is 27.5. The highest BCUT2D eigenvalue weighted by atomic mass is 79.9. The Labute approximate surface area is 117 Å². The van der Waals surface area contributed by atoms with Gasteiger partial charge in [0.2, 0.25) is 10.0 Å². The number of hydrogen-bond donors (Lipinski definition) is 0. The molecule has 1 heterocycles. The van der Waals surface area contributed by atoms with Gasteiger partial charge in [0.1, 0.15) is 0 Å². The molecule has 0 amide bonds. The van der Waals surface area contributed by atoms with E-state index in [-0.39, 0.29) is 6.04 Å². The van der Waals surface area contributed by atoms with Crippen LogP contribution in [0, 0.1) is 5.92 Å². The SMILES string of the molecule is CC1CCN(S(=O)(=O)c2ccccc2Br)C(C)C1. The van der Waals surface area contributed by atoms with Crippen LogP contribution < -0.4 is 0 Å². The molecule has 100 valence electrons. The number of nitrogens with zero attached hydrogens (tertiary/aromatic N) is 1. The molecule has 18 heavy (non-hydrogen) atoms. The molecular formula is C13H18BrNO2S.